The first-order chi connectivity index (χ1) is 10.1. The SMILES string of the molecule is CCNC(=O)[C@H](C)[NH2+][C@H](c1ccc(C)cc1)c1cccs1. The van der Waals surface area contributed by atoms with Gasteiger partial charge in [0, 0.05) is 12.1 Å². The van der Waals surface area contributed by atoms with Gasteiger partial charge in [-0.25, -0.2) is 0 Å². The Kier molecular flexibility index (Phi) is 5.53. The zero-order valence-electron chi connectivity index (χ0n) is 12.8. The first kappa shape index (κ1) is 15.7. The molecule has 0 radical (unpaired) electrons. The van der Waals surface area contributed by atoms with Crippen LogP contribution in [0.3, 0.4) is 0 Å². The predicted molar refractivity (Wildman–Crippen MR) is 87.4 cm³/mol. The molecule has 1 amide bonds. The Morgan fingerprint density at radius 3 is 2.57 bits per heavy atom. The molecule has 0 aliphatic heterocycles. The maximum absolute atomic E-state index is 12.0. The van der Waals surface area contributed by atoms with Crippen LogP contribution in [0.25, 0.3) is 0 Å². The van der Waals surface area contributed by atoms with Gasteiger partial charge in [0.15, 0.2) is 6.04 Å². The van der Waals surface area contributed by atoms with E-state index in [1.54, 1.807) is 11.3 Å². The number of thiophene rings is 1. The number of nitrogens with one attached hydrogen (secondary N) is 1. The third-order valence-electron chi connectivity index (χ3n) is 3.53. The molecule has 0 bridgehead atoms. The molecule has 1 heterocycles. The average Bonchev–Trinajstić information content (AvgIpc) is 3.00. The largest absolute Gasteiger partial charge is 0.351 e. The van der Waals surface area contributed by atoms with Gasteiger partial charge >= 0.3 is 0 Å². The molecule has 0 saturated carbocycles. The van der Waals surface area contributed by atoms with E-state index in [9.17, 15) is 4.79 Å². The van der Waals surface area contributed by atoms with Crippen molar-refractivity contribution in [3.63, 3.8) is 0 Å². The van der Waals surface area contributed by atoms with E-state index >= 15 is 0 Å². The smallest absolute Gasteiger partial charge is 0.277 e. The van der Waals surface area contributed by atoms with Crippen molar-refractivity contribution in [2.45, 2.75) is 32.9 Å². The molecule has 0 aliphatic rings. The Morgan fingerprint density at radius 2 is 2.00 bits per heavy atom. The highest BCUT2D eigenvalue weighted by Gasteiger charge is 2.25. The van der Waals surface area contributed by atoms with Crippen LogP contribution in [0.2, 0.25) is 0 Å². The summed E-state index contributed by atoms with van der Waals surface area (Å²) in [6.07, 6.45) is 0. The first-order valence-electron chi connectivity index (χ1n) is 7.34. The molecule has 0 aliphatic carbocycles. The molecule has 4 heteroatoms. The molecular formula is C17H23N2OS+. The highest BCUT2D eigenvalue weighted by Crippen LogP contribution is 2.23. The topological polar surface area (TPSA) is 45.7 Å². The molecule has 2 rings (SSSR count). The minimum atomic E-state index is -0.113. The second-order valence-electron chi connectivity index (χ2n) is 5.28. The van der Waals surface area contributed by atoms with Gasteiger partial charge in [0.2, 0.25) is 0 Å². The van der Waals surface area contributed by atoms with E-state index in [4.69, 9.17) is 0 Å². The second kappa shape index (κ2) is 7.38. The Labute approximate surface area is 130 Å². The summed E-state index contributed by atoms with van der Waals surface area (Å²) in [5.41, 5.74) is 2.49. The fourth-order valence-corrected chi connectivity index (χ4v) is 3.16. The van der Waals surface area contributed by atoms with Crippen molar-refractivity contribution in [3.05, 3.63) is 57.8 Å². The number of aryl methyl sites for hydroxylation is 1. The third kappa shape index (κ3) is 4.16. The number of quaternary nitrogens is 1. The monoisotopic (exact) mass is 303 g/mol. The quantitative estimate of drug-likeness (QED) is 0.844. The number of amides is 1. The summed E-state index contributed by atoms with van der Waals surface area (Å²) in [5, 5.41) is 7.11. The summed E-state index contributed by atoms with van der Waals surface area (Å²) in [6.45, 7) is 6.66. The molecule has 3 nitrogen and oxygen atoms in total. The van der Waals surface area contributed by atoms with Crippen molar-refractivity contribution in [1.82, 2.24) is 5.32 Å². The van der Waals surface area contributed by atoms with Crippen molar-refractivity contribution < 1.29 is 10.1 Å². The maximum atomic E-state index is 12.0. The molecule has 1 aromatic carbocycles. The third-order valence-corrected chi connectivity index (χ3v) is 4.49. The molecular weight excluding hydrogens is 280 g/mol. The van der Waals surface area contributed by atoms with Crippen molar-refractivity contribution in [2.75, 3.05) is 6.54 Å². The predicted octanol–water partition coefficient (Wildman–Crippen LogP) is 2.23. The average molecular weight is 303 g/mol. The van der Waals surface area contributed by atoms with E-state index in [1.807, 2.05) is 13.8 Å². The number of hydrogen-bond acceptors (Lipinski definition) is 2. The number of carbonyl (C=O) groups excluding carboxylic acids is 1. The summed E-state index contributed by atoms with van der Waals surface area (Å²) in [5.74, 6) is 0.0890. The van der Waals surface area contributed by atoms with Crippen LogP contribution >= 0.6 is 11.3 Å². The van der Waals surface area contributed by atoms with Crippen molar-refractivity contribution in [2.24, 2.45) is 0 Å². The molecule has 1 aromatic heterocycles. The lowest BCUT2D eigenvalue weighted by molar-refractivity contribution is -0.704. The van der Waals surface area contributed by atoms with Crippen LogP contribution in [0.4, 0.5) is 0 Å². The highest BCUT2D eigenvalue weighted by atomic mass is 32.1. The van der Waals surface area contributed by atoms with Crippen molar-refractivity contribution >= 4 is 17.2 Å². The molecule has 2 atom stereocenters. The van der Waals surface area contributed by atoms with Gasteiger partial charge in [-0.3, -0.25) is 4.79 Å². The summed E-state index contributed by atoms with van der Waals surface area (Å²) >= 11 is 1.73. The number of likely N-dealkylation sites (N-methyl/N-ethyl adjacent to an activating group) is 1. The number of hydrogen-bond donors (Lipinski definition) is 2. The van der Waals surface area contributed by atoms with E-state index in [0.29, 0.717) is 6.54 Å². The van der Waals surface area contributed by atoms with Gasteiger partial charge in [0.25, 0.3) is 5.91 Å². The zero-order chi connectivity index (χ0) is 15.2. The summed E-state index contributed by atoms with van der Waals surface area (Å²) in [6, 6.07) is 12.8. The summed E-state index contributed by atoms with van der Waals surface area (Å²) in [7, 11) is 0. The Morgan fingerprint density at radius 1 is 1.29 bits per heavy atom. The lowest BCUT2D eigenvalue weighted by atomic mass is 10.0. The van der Waals surface area contributed by atoms with E-state index in [0.717, 1.165) is 0 Å². The van der Waals surface area contributed by atoms with Gasteiger partial charge < -0.3 is 10.6 Å². The fraction of sp³-hybridized carbons (Fsp3) is 0.353. The van der Waals surface area contributed by atoms with Crippen molar-refractivity contribution in [1.29, 1.82) is 0 Å². The van der Waals surface area contributed by atoms with Crippen LogP contribution in [0.15, 0.2) is 41.8 Å². The standard InChI is InChI=1S/C17H22N2OS/c1-4-18-17(20)13(3)19-16(15-6-5-11-21-15)14-9-7-12(2)8-10-14/h5-11,13,16,19H,4H2,1-3H3,(H,18,20)/p+1/t13-,16+/m0/s1. The van der Waals surface area contributed by atoms with Crippen LogP contribution in [-0.4, -0.2) is 18.5 Å². The van der Waals surface area contributed by atoms with Gasteiger partial charge in [0.05, 0.1) is 4.88 Å². The van der Waals surface area contributed by atoms with E-state index < -0.39 is 0 Å². The number of rotatable bonds is 6. The van der Waals surface area contributed by atoms with Crippen LogP contribution in [-0.2, 0) is 4.79 Å². The first-order valence-corrected chi connectivity index (χ1v) is 8.22. The number of nitrogens with two attached hydrogens (primary N) is 1. The molecule has 0 spiro atoms. The summed E-state index contributed by atoms with van der Waals surface area (Å²) < 4.78 is 0. The summed E-state index contributed by atoms with van der Waals surface area (Å²) in [4.78, 5) is 13.3. The Bertz CT molecular complexity index is 563. The van der Waals surface area contributed by atoms with Gasteiger partial charge in [-0.05, 0) is 32.2 Å². The Balaban J connectivity index is 2.21. The molecule has 3 N–H and O–H groups in total. The van der Waals surface area contributed by atoms with E-state index in [1.165, 1.54) is 16.0 Å². The molecule has 0 unspecified atom stereocenters. The Hall–Kier alpha value is -1.65. The lowest BCUT2D eigenvalue weighted by Crippen LogP contribution is -2.92. The van der Waals surface area contributed by atoms with Crippen LogP contribution in [0, 0.1) is 6.92 Å². The van der Waals surface area contributed by atoms with Gasteiger partial charge in [-0.2, -0.15) is 0 Å². The fourth-order valence-electron chi connectivity index (χ4n) is 2.32. The van der Waals surface area contributed by atoms with Crippen LogP contribution < -0.4 is 10.6 Å². The van der Waals surface area contributed by atoms with Crippen LogP contribution in [0.5, 0.6) is 0 Å². The molecule has 0 fully saturated rings. The molecule has 0 saturated heterocycles. The van der Waals surface area contributed by atoms with Gasteiger partial charge in [-0.1, -0.05) is 35.9 Å². The van der Waals surface area contributed by atoms with Crippen LogP contribution in [0.1, 0.15) is 35.9 Å². The zero-order valence-corrected chi connectivity index (χ0v) is 13.6. The van der Waals surface area contributed by atoms with Gasteiger partial charge in [-0.15, -0.1) is 11.3 Å². The van der Waals surface area contributed by atoms with E-state index in [2.05, 4.69) is 59.3 Å². The minimum absolute atomic E-state index is 0.0890. The second-order valence-corrected chi connectivity index (χ2v) is 6.26. The molecule has 2 aromatic rings. The minimum Gasteiger partial charge on any atom is -0.351 e. The van der Waals surface area contributed by atoms with Crippen molar-refractivity contribution in [3.8, 4) is 0 Å². The van der Waals surface area contributed by atoms with Gasteiger partial charge in [0.1, 0.15) is 6.04 Å². The molecule has 21 heavy (non-hydrogen) atoms. The maximum Gasteiger partial charge on any atom is 0.277 e. The number of carbonyl (C=O) groups is 1. The van der Waals surface area contributed by atoms with E-state index in [-0.39, 0.29) is 18.0 Å². The highest BCUT2D eigenvalue weighted by molar-refractivity contribution is 7.10. The lowest BCUT2D eigenvalue weighted by Gasteiger charge is -2.19. The normalized spacial score (nSPS) is 13.7. The molecule has 112 valence electrons. The number of benzene rings is 1.